The number of carbonyl (C=O) groups excluding carboxylic acids is 4. The topological polar surface area (TPSA) is 195 Å². The first-order valence-corrected chi connectivity index (χ1v) is 21.7. The second-order valence-corrected chi connectivity index (χ2v) is 20.3. The summed E-state index contributed by atoms with van der Waals surface area (Å²) in [6.07, 6.45) is -0.386. The number of amides is 4. The minimum Gasteiger partial charge on any atom is -0.497 e. The molecule has 8 atom stereocenters. The lowest BCUT2D eigenvalue weighted by Crippen LogP contribution is -2.61. The van der Waals surface area contributed by atoms with Crippen LogP contribution in [0.5, 0.6) is 11.6 Å². The second-order valence-electron chi connectivity index (χ2n) is 18.1. The van der Waals surface area contributed by atoms with Crippen LogP contribution in [0.25, 0.3) is 11.0 Å². The summed E-state index contributed by atoms with van der Waals surface area (Å²) in [6.45, 7) is 8.29. The summed E-state index contributed by atoms with van der Waals surface area (Å²) in [5.74, 6) is -3.45. The van der Waals surface area contributed by atoms with Crippen molar-refractivity contribution in [3.8, 4) is 11.6 Å². The molecule has 3 heterocycles. The van der Waals surface area contributed by atoms with Crippen molar-refractivity contribution < 1.29 is 50.6 Å². The number of rotatable bonds is 8. The second kappa shape index (κ2) is 15.4. The standard InChI is InChI=1S/C40H54F2N6O9S/c1-21-29-20-48(31(21)33(49)46-40(19-23(40)17-30(41)42)36(51)47-58(53,54)39(5)14-15-39)35(50)32(38(2,3)4)45-37(52)57-28-16-22(28)10-8-7-9-11-26-34(56-29)44-27-18-24(55-6)12-13-25(27)43-26/h12-13,18,21-23,28-32H,7-11,14-17,19-20H2,1-6H3,(H,45,52)(H,46,49)(H,47,51). The van der Waals surface area contributed by atoms with Gasteiger partial charge in [-0.2, -0.15) is 0 Å². The first-order chi connectivity index (χ1) is 27.2. The molecule has 2 aromatic rings. The molecule has 1 aromatic carbocycles. The van der Waals surface area contributed by atoms with E-state index in [1.807, 2.05) is 0 Å². The fourth-order valence-corrected chi connectivity index (χ4v) is 9.65. The fourth-order valence-electron chi connectivity index (χ4n) is 8.33. The van der Waals surface area contributed by atoms with Crippen LogP contribution in [-0.2, 0) is 35.6 Å². The van der Waals surface area contributed by atoms with Crippen LogP contribution in [-0.4, -0.2) is 102 Å². The molecule has 18 heteroatoms. The Morgan fingerprint density at radius 2 is 1.83 bits per heavy atom. The molecule has 4 fully saturated rings. The van der Waals surface area contributed by atoms with Crippen LogP contribution in [0.15, 0.2) is 18.2 Å². The molecule has 7 rings (SSSR count). The maximum Gasteiger partial charge on any atom is 0.408 e. The van der Waals surface area contributed by atoms with Gasteiger partial charge in [0.05, 0.1) is 29.4 Å². The molecule has 8 unspecified atom stereocenters. The molecule has 1 saturated heterocycles. The van der Waals surface area contributed by atoms with Gasteiger partial charge in [-0.15, -0.1) is 0 Å². The molecule has 58 heavy (non-hydrogen) atoms. The average molecular weight is 833 g/mol. The van der Waals surface area contributed by atoms with E-state index >= 15 is 0 Å². The molecule has 2 aliphatic heterocycles. The van der Waals surface area contributed by atoms with E-state index in [1.165, 1.54) is 18.9 Å². The van der Waals surface area contributed by atoms with Crippen LogP contribution in [0.2, 0.25) is 0 Å². The highest BCUT2D eigenvalue weighted by Gasteiger charge is 2.65. The Kier molecular flexibility index (Phi) is 11.1. The maximum atomic E-state index is 14.8. The van der Waals surface area contributed by atoms with E-state index in [-0.39, 0.29) is 30.9 Å². The Labute approximate surface area is 337 Å². The Balaban J connectivity index is 1.25. The lowest BCUT2D eigenvalue weighted by atomic mass is 9.85. The van der Waals surface area contributed by atoms with Crippen molar-refractivity contribution in [2.24, 2.45) is 23.2 Å². The van der Waals surface area contributed by atoms with Crippen molar-refractivity contribution in [2.45, 2.75) is 140 Å². The zero-order chi connectivity index (χ0) is 41.9. The number of sulfonamides is 1. The minimum atomic E-state index is -4.18. The summed E-state index contributed by atoms with van der Waals surface area (Å²) in [4.78, 5) is 67.5. The fraction of sp³-hybridized carbons (Fsp3) is 0.700. The SMILES string of the molecule is COc1ccc2nc3c(nc2c1)OC1CN(C(=O)C(C(C)(C)C)NC(=O)OC2CC2CCCCC3)C(C(=O)NC2(C(=O)NS(=O)(=O)C3(C)CC3)CC2CC(F)F)C1C. The van der Waals surface area contributed by atoms with E-state index in [1.54, 1.807) is 45.9 Å². The minimum absolute atomic E-state index is 0.157. The number of nitrogens with one attached hydrogen (secondary N) is 3. The highest BCUT2D eigenvalue weighted by Crippen LogP contribution is 2.49. The summed E-state index contributed by atoms with van der Waals surface area (Å²) >= 11 is 0. The molecule has 1 aromatic heterocycles. The predicted molar refractivity (Wildman–Crippen MR) is 206 cm³/mol. The van der Waals surface area contributed by atoms with Crippen molar-refractivity contribution in [2.75, 3.05) is 13.7 Å². The normalized spacial score (nSPS) is 31.1. The monoisotopic (exact) mass is 832 g/mol. The van der Waals surface area contributed by atoms with E-state index in [4.69, 9.17) is 24.2 Å². The first kappa shape index (κ1) is 41.8. The van der Waals surface area contributed by atoms with Crippen molar-refractivity contribution in [1.29, 1.82) is 0 Å². The molecule has 3 N–H and O–H groups in total. The number of carbonyl (C=O) groups is 4. The van der Waals surface area contributed by atoms with Crippen molar-refractivity contribution in [3.63, 3.8) is 0 Å². The Morgan fingerprint density at radius 3 is 2.50 bits per heavy atom. The summed E-state index contributed by atoms with van der Waals surface area (Å²) in [5, 5.41) is 5.40. The van der Waals surface area contributed by atoms with Gasteiger partial charge >= 0.3 is 6.09 Å². The van der Waals surface area contributed by atoms with Crippen LogP contribution in [0.1, 0.15) is 98.1 Å². The number of methoxy groups -OCH3 is 1. The van der Waals surface area contributed by atoms with Gasteiger partial charge in [0.2, 0.25) is 34.1 Å². The van der Waals surface area contributed by atoms with E-state index < -0.39 is 92.4 Å². The van der Waals surface area contributed by atoms with Gasteiger partial charge in [-0.3, -0.25) is 19.1 Å². The summed E-state index contributed by atoms with van der Waals surface area (Å²) in [7, 11) is -2.65. The first-order valence-electron chi connectivity index (χ1n) is 20.2. The number of benzene rings is 1. The van der Waals surface area contributed by atoms with E-state index in [9.17, 15) is 36.4 Å². The zero-order valence-corrected chi connectivity index (χ0v) is 34.6. The molecule has 0 spiro atoms. The summed E-state index contributed by atoms with van der Waals surface area (Å²) < 4.78 is 72.4. The number of hydrogen-bond acceptors (Lipinski definition) is 11. The van der Waals surface area contributed by atoms with Gasteiger partial charge < -0.3 is 29.7 Å². The van der Waals surface area contributed by atoms with Crippen LogP contribution in [0.4, 0.5) is 13.6 Å². The van der Waals surface area contributed by atoms with Gasteiger partial charge in [0.25, 0.3) is 5.91 Å². The summed E-state index contributed by atoms with van der Waals surface area (Å²) in [6, 6.07) is 2.79. The number of aryl methyl sites for hydroxylation is 1. The van der Waals surface area contributed by atoms with E-state index in [0.29, 0.717) is 41.7 Å². The van der Waals surface area contributed by atoms with E-state index in [0.717, 1.165) is 32.1 Å². The van der Waals surface area contributed by atoms with Crippen molar-refractivity contribution in [3.05, 3.63) is 23.9 Å². The Hall–Kier alpha value is -4.35. The lowest BCUT2D eigenvalue weighted by molar-refractivity contribution is -0.143. The van der Waals surface area contributed by atoms with Crippen LogP contribution in [0, 0.1) is 23.2 Å². The highest BCUT2D eigenvalue weighted by atomic mass is 32.2. The molecular formula is C40H54F2N6O9S. The average Bonchev–Trinajstić information content (AvgIpc) is 4.10. The number of alkyl carbamates (subject to hydrolysis) is 1. The maximum absolute atomic E-state index is 14.8. The Bertz CT molecular complexity index is 2080. The van der Waals surface area contributed by atoms with Gasteiger partial charge in [0, 0.05) is 18.4 Å². The number of aromatic nitrogens is 2. The molecule has 2 bridgehead atoms. The smallest absolute Gasteiger partial charge is 0.408 e. The van der Waals surface area contributed by atoms with E-state index in [2.05, 4.69) is 15.4 Å². The highest BCUT2D eigenvalue weighted by molar-refractivity contribution is 7.91. The van der Waals surface area contributed by atoms with Crippen LogP contribution >= 0.6 is 0 Å². The molecule has 15 nitrogen and oxygen atoms in total. The molecule has 4 amide bonds. The van der Waals surface area contributed by atoms with Crippen molar-refractivity contribution in [1.82, 2.24) is 30.2 Å². The number of halogens is 2. The summed E-state index contributed by atoms with van der Waals surface area (Å²) in [5.41, 5.74) is -1.12. The number of alkyl halides is 2. The molecule has 5 aliphatic rings. The van der Waals surface area contributed by atoms with Gasteiger partial charge in [0.1, 0.15) is 41.3 Å². The third kappa shape index (κ3) is 8.39. The predicted octanol–water partition coefficient (Wildman–Crippen LogP) is 4.41. The lowest BCUT2D eigenvalue weighted by Gasteiger charge is -2.36. The third-order valence-corrected chi connectivity index (χ3v) is 14.8. The van der Waals surface area contributed by atoms with Gasteiger partial charge in [-0.25, -0.2) is 32.0 Å². The van der Waals surface area contributed by atoms with Gasteiger partial charge in [-0.1, -0.05) is 40.5 Å². The third-order valence-electron chi connectivity index (χ3n) is 12.6. The molecule has 318 valence electrons. The van der Waals surface area contributed by atoms with Crippen LogP contribution < -0.4 is 24.8 Å². The quantitative estimate of drug-likeness (QED) is 0.341. The number of ether oxygens (including phenoxy) is 3. The van der Waals surface area contributed by atoms with Gasteiger partial charge in [-0.05, 0) is 81.3 Å². The molecule has 3 saturated carbocycles. The number of fused-ring (bicyclic) bond motifs is 5. The molecule has 3 aliphatic carbocycles. The largest absolute Gasteiger partial charge is 0.497 e. The molecule has 0 radical (unpaired) electrons. The van der Waals surface area contributed by atoms with Crippen molar-refractivity contribution >= 4 is 44.9 Å². The number of nitrogens with zero attached hydrogens (tertiary/aromatic N) is 3. The van der Waals surface area contributed by atoms with Crippen LogP contribution in [0.3, 0.4) is 0 Å². The molecular weight excluding hydrogens is 779 g/mol. The zero-order valence-electron chi connectivity index (χ0n) is 33.8. The van der Waals surface area contributed by atoms with Gasteiger partial charge in [0.15, 0.2) is 0 Å². The number of hydrogen-bond donors (Lipinski definition) is 3. The Morgan fingerprint density at radius 1 is 1.09 bits per heavy atom.